The van der Waals surface area contributed by atoms with Crippen LogP contribution >= 0.6 is 27.7 Å². The molecule has 1 atom stereocenters. The van der Waals surface area contributed by atoms with Crippen molar-refractivity contribution in [2.75, 3.05) is 11.9 Å². The first-order chi connectivity index (χ1) is 12.8. The molecule has 2 aromatic rings. The van der Waals surface area contributed by atoms with Gasteiger partial charge in [0.05, 0.1) is 16.7 Å². The number of hydrogen-bond donors (Lipinski definition) is 2. The van der Waals surface area contributed by atoms with Gasteiger partial charge in [0.2, 0.25) is 11.8 Å². The van der Waals surface area contributed by atoms with Crippen LogP contribution < -0.4 is 10.6 Å². The fourth-order valence-electron chi connectivity index (χ4n) is 2.14. The van der Waals surface area contributed by atoms with Gasteiger partial charge in [-0.15, -0.1) is 11.8 Å². The number of nitrogens with zero attached hydrogens (tertiary/aromatic N) is 1. The van der Waals surface area contributed by atoms with E-state index in [1.807, 2.05) is 19.1 Å². The van der Waals surface area contributed by atoms with E-state index in [0.29, 0.717) is 5.69 Å². The highest BCUT2D eigenvalue weighted by molar-refractivity contribution is 9.10. The number of nitro groups is 1. The average molecular weight is 452 g/mol. The van der Waals surface area contributed by atoms with Crippen LogP contribution in [0.1, 0.15) is 12.5 Å². The van der Waals surface area contributed by atoms with Crippen molar-refractivity contribution in [1.82, 2.24) is 5.32 Å². The smallest absolute Gasteiger partial charge is 0.269 e. The van der Waals surface area contributed by atoms with Gasteiger partial charge in [-0.1, -0.05) is 15.9 Å². The van der Waals surface area contributed by atoms with Gasteiger partial charge >= 0.3 is 0 Å². The Bertz CT molecular complexity index is 858. The summed E-state index contributed by atoms with van der Waals surface area (Å²) in [6.07, 6.45) is 0. The molecule has 2 amide bonds. The van der Waals surface area contributed by atoms with E-state index in [4.69, 9.17) is 0 Å². The van der Waals surface area contributed by atoms with Crippen molar-refractivity contribution in [2.45, 2.75) is 24.0 Å². The fraction of sp³-hybridized carbons (Fsp3) is 0.222. The topological polar surface area (TPSA) is 101 Å². The maximum absolute atomic E-state index is 12.2. The summed E-state index contributed by atoms with van der Waals surface area (Å²) in [6, 6.07) is 11.4. The lowest BCUT2D eigenvalue weighted by Crippen LogP contribution is -2.37. The Hall–Kier alpha value is -2.39. The number of nitrogens with one attached hydrogen (secondary N) is 2. The molecule has 2 aromatic carbocycles. The van der Waals surface area contributed by atoms with Crippen molar-refractivity contribution < 1.29 is 14.5 Å². The van der Waals surface area contributed by atoms with Crippen LogP contribution in [0.25, 0.3) is 0 Å². The lowest BCUT2D eigenvalue weighted by atomic mass is 10.2. The molecule has 0 fully saturated rings. The Morgan fingerprint density at radius 3 is 2.48 bits per heavy atom. The molecule has 0 radical (unpaired) electrons. The van der Waals surface area contributed by atoms with Gasteiger partial charge in [-0.3, -0.25) is 19.7 Å². The third-order valence-corrected chi connectivity index (χ3v) is 5.60. The maximum Gasteiger partial charge on any atom is 0.269 e. The van der Waals surface area contributed by atoms with E-state index in [9.17, 15) is 19.7 Å². The SMILES string of the molecule is Cc1cc(NC(=O)CNC(=O)C(C)Sc2ccc([N+](=O)[O-])cc2)ccc1Br. The van der Waals surface area contributed by atoms with E-state index in [2.05, 4.69) is 26.6 Å². The molecular weight excluding hydrogens is 434 g/mol. The van der Waals surface area contributed by atoms with E-state index < -0.39 is 10.2 Å². The van der Waals surface area contributed by atoms with Crippen molar-refractivity contribution in [3.05, 3.63) is 62.6 Å². The Kier molecular flexibility index (Phi) is 7.37. The molecule has 0 aliphatic rings. The first-order valence-corrected chi connectivity index (χ1v) is 9.68. The van der Waals surface area contributed by atoms with Crippen molar-refractivity contribution in [1.29, 1.82) is 0 Å². The summed E-state index contributed by atoms with van der Waals surface area (Å²) < 4.78 is 0.950. The summed E-state index contributed by atoms with van der Waals surface area (Å²) in [6.45, 7) is 3.48. The summed E-state index contributed by atoms with van der Waals surface area (Å²) in [5.74, 6) is -0.613. The van der Waals surface area contributed by atoms with Gasteiger partial charge in [0, 0.05) is 27.2 Å². The van der Waals surface area contributed by atoms with Gasteiger partial charge in [0.1, 0.15) is 0 Å². The highest BCUT2D eigenvalue weighted by Gasteiger charge is 2.16. The summed E-state index contributed by atoms with van der Waals surface area (Å²) in [7, 11) is 0. The molecule has 0 heterocycles. The molecule has 7 nitrogen and oxygen atoms in total. The number of halogens is 1. The number of nitro benzene ring substituents is 1. The third kappa shape index (κ3) is 6.37. The van der Waals surface area contributed by atoms with Gasteiger partial charge in [-0.2, -0.15) is 0 Å². The second-order valence-electron chi connectivity index (χ2n) is 5.74. The van der Waals surface area contributed by atoms with Crippen LogP contribution in [0.2, 0.25) is 0 Å². The van der Waals surface area contributed by atoms with Crippen molar-refractivity contribution in [3.8, 4) is 0 Å². The predicted octanol–water partition coefficient (Wildman–Crippen LogP) is 3.90. The average Bonchev–Trinajstić information content (AvgIpc) is 2.63. The zero-order valence-electron chi connectivity index (χ0n) is 14.7. The Morgan fingerprint density at radius 1 is 1.22 bits per heavy atom. The summed E-state index contributed by atoms with van der Waals surface area (Å²) in [5, 5.41) is 15.5. The molecule has 1 unspecified atom stereocenters. The molecule has 0 saturated carbocycles. The van der Waals surface area contributed by atoms with Gasteiger partial charge < -0.3 is 10.6 Å². The number of hydrogen-bond acceptors (Lipinski definition) is 5. The minimum atomic E-state index is -0.476. The number of aryl methyl sites for hydroxylation is 1. The quantitative estimate of drug-likeness (QED) is 0.377. The molecule has 0 bridgehead atoms. The Labute approximate surface area is 169 Å². The molecule has 0 aliphatic carbocycles. The first-order valence-electron chi connectivity index (χ1n) is 8.01. The number of rotatable bonds is 7. The highest BCUT2D eigenvalue weighted by atomic mass is 79.9. The largest absolute Gasteiger partial charge is 0.346 e. The van der Waals surface area contributed by atoms with Crippen LogP contribution in [0.4, 0.5) is 11.4 Å². The second kappa shape index (κ2) is 9.52. The molecule has 27 heavy (non-hydrogen) atoms. The fourth-order valence-corrected chi connectivity index (χ4v) is 3.28. The minimum absolute atomic E-state index is 0.00342. The van der Waals surface area contributed by atoms with Gasteiger partial charge in [-0.25, -0.2) is 0 Å². The van der Waals surface area contributed by atoms with Gasteiger partial charge in [0.15, 0.2) is 0 Å². The predicted molar refractivity (Wildman–Crippen MR) is 109 cm³/mol. The van der Waals surface area contributed by atoms with Crippen LogP contribution in [0.15, 0.2) is 51.8 Å². The molecule has 0 saturated heterocycles. The van der Waals surface area contributed by atoms with Crippen LogP contribution in [-0.2, 0) is 9.59 Å². The van der Waals surface area contributed by atoms with E-state index in [1.165, 1.54) is 23.9 Å². The van der Waals surface area contributed by atoms with Gasteiger partial charge in [-0.05, 0) is 49.7 Å². The summed E-state index contributed by atoms with van der Waals surface area (Å²) in [5.41, 5.74) is 1.64. The highest BCUT2D eigenvalue weighted by Crippen LogP contribution is 2.25. The lowest BCUT2D eigenvalue weighted by molar-refractivity contribution is -0.384. The molecule has 2 rings (SSSR count). The number of anilines is 1. The Balaban J connectivity index is 1.82. The molecule has 0 aliphatic heterocycles. The van der Waals surface area contributed by atoms with Crippen LogP contribution in [-0.4, -0.2) is 28.5 Å². The normalized spacial score (nSPS) is 11.5. The lowest BCUT2D eigenvalue weighted by Gasteiger charge is -2.12. The number of thioether (sulfide) groups is 1. The molecular formula is C18H18BrN3O4S. The molecule has 0 spiro atoms. The van der Waals surface area contributed by atoms with E-state index in [1.54, 1.807) is 25.1 Å². The van der Waals surface area contributed by atoms with Crippen LogP contribution in [0, 0.1) is 17.0 Å². The second-order valence-corrected chi connectivity index (χ2v) is 8.01. The summed E-state index contributed by atoms with van der Waals surface area (Å²) in [4.78, 5) is 35.0. The molecule has 142 valence electrons. The first kappa shape index (κ1) is 20.9. The van der Waals surface area contributed by atoms with Crippen molar-refractivity contribution in [2.24, 2.45) is 0 Å². The number of benzene rings is 2. The van der Waals surface area contributed by atoms with E-state index in [-0.39, 0.29) is 24.0 Å². The van der Waals surface area contributed by atoms with Crippen molar-refractivity contribution >= 4 is 50.9 Å². The monoisotopic (exact) mass is 451 g/mol. The standard InChI is InChI=1S/C18H18BrN3O4S/c1-11-9-13(3-8-16(11)19)21-17(23)10-20-18(24)12(2)27-15-6-4-14(5-7-15)22(25)26/h3-9,12H,10H2,1-2H3,(H,20,24)(H,21,23). The van der Waals surface area contributed by atoms with E-state index in [0.717, 1.165) is 14.9 Å². The molecule has 0 aromatic heterocycles. The summed E-state index contributed by atoms with van der Waals surface area (Å²) >= 11 is 4.65. The third-order valence-electron chi connectivity index (χ3n) is 3.59. The number of non-ortho nitro benzene ring substituents is 1. The van der Waals surface area contributed by atoms with E-state index >= 15 is 0 Å². The number of amides is 2. The van der Waals surface area contributed by atoms with Crippen LogP contribution in [0.5, 0.6) is 0 Å². The maximum atomic E-state index is 12.2. The number of carbonyl (C=O) groups excluding carboxylic acids is 2. The Morgan fingerprint density at radius 2 is 1.89 bits per heavy atom. The van der Waals surface area contributed by atoms with Crippen molar-refractivity contribution in [3.63, 3.8) is 0 Å². The molecule has 9 heteroatoms. The zero-order chi connectivity index (χ0) is 20.0. The molecule has 2 N–H and O–H groups in total. The van der Waals surface area contributed by atoms with Gasteiger partial charge in [0.25, 0.3) is 5.69 Å². The zero-order valence-corrected chi connectivity index (χ0v) is 17.1. The minimum Gasteiger partial charge on any atom is -0.346 e. The number of carbonyl (C=O) groups is 2. The van der Waals surface area contributed by atoms with Crippen LogP contribution in [0.3, 0.4) is 0 Å².